The van der Waals surface area contributed by atoms with Crippen molar-refractivity contribution in [1.82, 2.24) is 4.98 Å². The Labute approximate surface area is 149 Å². The first-order valence-corrected chi connectivity index (χ1v) is 8.03. The lowest BCUT2D eigenvalue weighted by Crippen LogP contribution is -2.30. The van der Waals surface area contributed by atoms with Gasteiger partial charge in [-0.15, -0.1) is 0 Å². The van der Waals surface area contributed by atoms with Gasteiger partial charge in [-0.2, -0.15) is 0 Å². The lowest BCUT2D eigenvalue weighted by atomic mass is 10.0. The summed E-state index contributed by atoms with van der Waals surface area (Å²) in [6.45, 7) is 1.51. The fraction of sp³-hybridized carbons (Fsp3) is 0.105. The van der Waals surface area contributed by atoms with Crippen LogP contribution < -0.4 is 5.32 Å². The molecule has 0 radical (unpaired) electrons. The Morgan fingerprint density at radius 1 is 1.08 bits per heavy atom. The van der Waals surface area contributed by atoms with E-state index in [1.807, 2.05) is 30.3 Å². The predicted molar refractivity (Wildman–Crippen MR) is 96.7 cm³/mol. The van der Waals surface area contributed by atoms with Crippen molar-refractivity contribution < 1.29 is 14.3 Å². The van der Waals surface area contributed by atoms with Crippen LogP contribution in [-0.2, 0) is 9.53 Å². The fourth-order valence-corrected chi connectivity index (χ4v) is 2.47. The van der Waals surface area contributed by atoms with Gasteiger partial charge in [0.25, 0.3) is 5.91 Å². The SMILES string of the molecule is C[C@H](OC(=O)c1cccc2ccccc12)C(=O)Nc1ccc(Cl)cn1. The Morgan fingerprint density at radius 3 is 2.60 bits per heavy atom. The van der Waals surface area contributed by atoms with Gasteiger partial charge >= 0.3 is 5.97 Å². The van der Waals surface area contributed by atoms with Crippen LogP contribution in [0, 0.1) is 0 Å². The summed E-state index contributed by atoms with van der Waals surface area (Å²) in [4.78, 5) is 28.6. The topological polar surface area (TPSA) is 68.3 Å². The number of ether oxygens (including phenoxy) is 1. The zero-order chi connectivity index (χ0) is 17.8. The minimum absolute atomic E-state index is 0.336. The molecule has 1 amide bonds. The molecule has 6 heteroatoms. The van der Waals surface area contributed by atoms with Crippen LogP contribution in [0.15, 0.2) is 60.8 Å². The van der Waals surface area contributed by atoms with Gasteiger partial charge in [0.2, 0.25) is 0 Å². The van der Waals surface area contributed by atoms with Crippen molar-refractivity contribution >= 4 is 40.1 Å². The summed E-state index contributed by atoms with van der Waals surface area (Å²) in [5.74, 6) is -0.686. The molecule has 0 saturated heterocycles. The van der Waals surface area contributed by atoms with Gasteiger partial charge in [-0.05, 0) is 35.9 Å². The van der Waals surface area contributed by atoms with Gasteiger partial charge in [-0.25, -0.2) is 9.78 Å². The Morgan fingerprint density at radius 2 is 1.84 bits per heavy atom. The highest BCUT2D eigenvalue weighted by atomic mass is 35.5. The highest BCUT2D eigenvalue weighted by molar-refractivity contribution is 6.30. The number of rotatable bonds is 4. The molecule has 0 unspecified atom stereocenters. The molecule has 1 atom stereocenters. The van der Waals surface area contributed by atoms with Crippen LogP contribution in [0.2, 0.25) is 5.02 Å². The van der Waals surface area contributed by atoms with E-state index in [2.05, 4.69) is 10.3 Å². The van der Waals surface area contributed by atoms with Gasteiger partial charge in [0, 0.05) is 6.20 Å². The summed E-state index contributed by atoms with van der Waals surface area (Å²) >= 11 is 5.75. The van der Waals surface area contributed by atoms with Crippen molar-refractivity contribution in [2.75, 3.05) is 5.32 Å². The zero-order valence-corrected chi connectivity index (χ0v) is 14.2. The molecule has 0 aliphatic carbocycles. The lowest BCUT2D eigenvalue weighted by Gasteiger charge is -2.14. The fourth-order valence-electron chi connectivity index (χ4n) is 2.36. The monoisotopic (exact) mass is 354 g/mol. The lowest BCUT2D eigenvalue weighted by molar-refractivity contribution is -0.123. The van der Waals surface area contributed by atoms with E-state index in [0.29, 0.717) is 16.4 Å². The molecule has 25 heavy (non-hydrogen) atoms. The molecule has 1 aromatic heterocycles. The number of esters is 1. The maximum absolute atomic E-state index is 12.4. The van der Waals surface area contributed by atoms with Crippen molar-refractivity contribution in [1.29, 1.82) is 0 Å². The number of amides is 1. The summed E-state index contributed by atoms with van der Waals surface area (Å²) in [6.07, 6.45) is 0.452. The van der Waals surface area contributed by atoms with Crippen LogP contribution in [0.4, 0.5) is 5.82 Å². The summed E-state index contributed by atoms with van der Waals surface area (Å²) in [5.41, 5.74) is 0.419. The molecule has 2 aromatic carbocycles. The third kappa shape index (κ3) is 3.95. The van der Waals surface area contributed by atoms with Crippen LogP contribution in [0.1, 0.15) is 17.3 Å². The summed E-state index contributed by atoms with van der Waals surface area (Å²) in [6, 6.07) is 16.0. The Hall–Kier alpha value is -2.92. The van der Waals surface area contributed by atoms with Gasteiger partial charge in [0.05, 0.1) is 10.6 Å². The van der Waals surface area contributed by atoms with E-state index in [4.69, 9.17) is 16.3 Å². The minimum Gasteiger partial charge on any atom is -0.449 e. The van der Waals surface area contributed by atoms with Crippen LogP contribution in [0.5, 0.6) is 0 Å². The first-order valence-electron chi connectivity index (χ1n) is 7.66. The maximum atomic E-state index is 12.4. The number of benzene rings is 2. The molecule has 5 nitrogen and oxygen atoms in total. The summed E-state index contributed by atoms with van der Waals surface area (Å²) in [5, 5.41) is 4.75. The molecule has 1 N–H and O–H groups in total. The number of nitrogens with zero attached hydrogens (tertiary/aromatic N) is 1. The molecule has 1 heterocycles. The van der Waals surface area contributed by atoms with Gasteiger partial charge in [0.15, 0.2) is 6.10 Å². The minimum atomic E-state index is -0.969. The highest BCUT2D eigenvalue weighted by Crippen LogP contribution is 2.20. The van der Waals surface area contributed by atoms with E-state index in [-0.39, 0.29) is 0 Å². The largest absolute Gasteiger partial charge is 0.449 e. The number of hydrogen-bond donors (Lipinski definition) is 1. The number of hydrogen-bond acceptors (Lipinski definition) is 4. The van der Waals surface area contributed by atoms with Gasteiger partial charge in [-0.3, -0.25) is 4.79 Å². The number of nitrogens with one attached hydrogen (secondary N) is 1. The van der Waals surface area contributed by atoms with E-state index in [0.717, 1.165) is 10.8 Å². The number of anilines is 1. The summed E-state index contributed by atoms with van der Waals surface area (Å²) in [7, 11) is 0. The number of halogens is 1. The van der Waals surface area contributed by atoms with Crippen LogP contribution >= 0.6 is 11.6 Å². The van der Waals surface area contributed by atoms with Crippen LogP contribution in [-0.4, -0.2) is 23.0 Å². The molecule has 0 aliphatic rings. The average molecular weight is 355 g/mol. The van der Waals surface area contributed by atoms with E-state index in [1.165, 1.54) is 13.1 Å². The standard InChI is InChI=1S/C19H15ClN2O3/c1-12(18(23)22-17-10-9-14(20)11-21-17)25-19(24)16-8-4-6-13-5-2-3-7-15(13)16/h2-12H,1H3,(H,21,22,23)/t12-/m0/s1. The van der Waals surface area contributed by atoms with E-state index in [1.54, 1.807) is 24.3 Å². The van der Waals surface area contributed by atoms with Gasteiger partial charge in [-0.1, -0.05) is 48.0 Å². The van der Waals surface area contributed by atoms with E-state index < -0.39 is 18.0 Å². The Balaban J connectivity index is 1.71. The van der Waals surface area contributed by atoms with Gasteiger partial charge < -0.3 is 10.1 Å². The molecular formula is C19H15ClN2O3. The zero-order valence-electron chi connectivity index (χ0n) is 13.4. The third-order valence-electron chi connectivity index (χ3n) is 3.64. The first-order chi connectivity index (χ1) is 12.0. The first kappa shape index (κ1) is 16.9. The van der Waals surface area contributed by atoms with Gasteiger partial charge in [0.1, 0.15) is 5.82 Å². The molecule has 3 rings (SSSR count). The van der Waals surface area contributed by atoms with Crippen molar-refractivity contribution in [3.8, 4) is 0 Å². The van der Waals surface area contributed by atoms with E-state index >= 15 is 0 Å². The maximum Gasteiger partial charge on any atom is 0.339 e. The predicted octanol–water partition coefficient (Wildman–Crippen LogP) is 4.07. The van der Waals surface area contributed by atoms with E-state index in [9.17, 15) is 9.59 Å². The quantitative estimate of drug-likeness (QED) is 0.717. The molecule has 0 bridgehead atoms. The molecule has 3 aromatic rings. The average Bonchev–Trinajstić information content (AvgIpc) is 2.63. The number of carbonyl (C=O) groups excluding carboxylic acids is 2. The van der Waals surface area contributed by atoms with Crippen molar-refractivity contribution in [2.24, 2.45) is 0 Å². The molecule has 126 valence electrons. The second-order valence-electron chi connectivity index (χ2n) is 5.43. The number of fused-ring (bicyclic) bond motifs is 1. The molecular weight excluding hydrogens is 340 g/mol. The van der Waals surface area contributed by atoms with Crippen LogP contribution in [0.3, 0.4) is 0 Å². The normalized spacial score (nSPS) is 11.8. The molecule has 0 aliphatic heterocycles. The van der Waals surface area contributed by atoms with Crippen molar-refractivity contribution in [2.45, 2.75) is 13.0 Å². The Kier molecular flexibility index (Phi) is 4.95. The van der Waals surface area contributed by atoms with Crippen molar-refractivity contribution in [3.05, 3.63) is 71.4 Å². The molecule has 0 saturated carbocycles. The second-order valence-corrected chi connectivity index (χ2v) is 5.86. The highest BCUT2D eigenvalue weighted by Gasteiger charge is 2.20. The Bertz CT molecular complexity index is 920. The summed E-state index contributed by atoms with van der Waals surface area (Å²) < 4.78 is 5.30. The smallest absolute Gasteiger partial charge is 0.339 e. The number of aromatic nitrogens is 1. The molecule has 0 fully saturated rings. The van der Waals surface area contributed by atoms with Crippen LogP contribution in [0.25, 0.3) is 10.8 Å². The molecule has 0 spiro atoms. The number of pyridine rings is 1. The van der Waals surface area contributed by atoms with Crippen molar-refractivity contribution in [3.63, 3.8) is 0 Å². The number of carbonyl (C=O) groups is 2. The second kappa shape index (κ2) is 7.32. The third-order valence-corrected chi connectivity index (χ3v) is 3.86.